The van der Waals surface area contributed by atoms with Crippen LogP contribution in [-0.2, 0) is 11.3 Å². The molecule has 0 bridgehead atoms. The number of ketones is 1. The molecule has 0 saturated heterocycles. The van der Waals surface area contributed by atoms with Crippen LogP contribution in [0.2, 0.25) is 0 Å². The second kappa shape index (κ2) is 9.00. The normalized spacial score (nSPS) is 10.2. The molecule has 1 heterocycles. The topological polar surface area (TPSA) is 55.2 Å². The highest BCUT2D eigenvalue weighted by atomic mass is 16.2. The fourth-order valence-corrected chi connectivity index (χ4v) is 2.91. The molecule has 1 aromatic carbocycles. The number of amides is 1. The van der Waals surface area contributed by atoms with Gasteiger partial charge >= 0.3 is 0 Å². The van der Waals surface area contributed by atoms with Crippen molar-refractivity contribution in [2.45, 2.75) is 40.7 Å². The molecule has 26 heavy (non-hydrogen) atoms. The van der Waals surface area contributed by atoms with Crippen LogP contribution in [0.25, 0.3) is 0 Å². The van der Waals surface area contributed by atoms with E-state index in [9.17, 15) is 9.59 Å². The van der Waals surface area contributed by atoms with E-state index in [1.165, 1.54) is 6.92 Å². The summed E-state index contributed by atoms with van der Waals surface area (Å²) in [6, 6.07) is 9.71. The van der Waals surface area contributed by atoms with Gasteiger partial charge in [-0.3, -0.25) is 14.3 Å². The van der Waals surface area contributed by atoms with Crippen LogP contribution < -0.4 is 0 Å². The molecule has 136 valence electrons. The molecule has 0 radical (unpaired) electrons. The smallest absolute Gasteiger partial charge is 0.245 e. The minimum absolute atomic E-state index is 0.0298. The summed E-state index contributed by atoms with van der Waals surface area (Å²) in [7, 11) is 0. The third-order valence-electron chi connectivity index (χ3n) is 4.14. The van der Waals surface area contributed by atoms with Gasteiger partial charge in [-0.15, -0.1) is 0 Å². The SMILES string of the molecule is CCCN(CC#Cc1ccccc1)C(=O)Cn1nc(C)c(C(C)=O)c1C. The number of carbonyl (C=O) groups excluding carboxylic acids is 2. The van der Waals surface area contributed by atoms with Gasteiger partial charge in [0.2, 0.25) is 5.91 Å². The van der Waals surface area contributed by atoms with Crippen molar-refractivity contribution in [3.05, 3.63) is 52.8 Å². The Morgan fingerprint density at radius 3 is 2.46 bits per heavy atom. The standard InChI is InChI=1S/C21H25N3O2/c1-5-13-23(14-9-12-19-10-7-6-8-11-19)20(26)15-24-17(3)21(18(4)25)16(2)22-24/h6-8,10-11H,5,13-15H2,1-4H3. The van der Waals surface area contributed by atoms with E-state index in [-0.39, 0.29) is 18.2 Å². The lowest BCUT2D eigenvalue weighted by Gasteiger charge is -2.19. The number of aryl methyl sites for hydroxylation is 1. The molecule has 2 aromatic rings. The molecule has 1 amide bonds. The van der Waals surface area contributed by atoms with Gasteiger partial charge in [0.25, 0.3) is 0 Å². The molecule has 0 unspecified atom stereocenters. The average Bonchev–Trinajstić information content (AvgIpc) is 2.88. The van der Waals surface area contributed by atoms with E-state index in [4.69, 9.17) is 0 Å². The van der Waals surface area contributed by atoms with Crippen LogP contribution >= 0.6 is 0 Å². The maximum absolute atomic E-state index is 12.7. The summed E-state index contributed by atoms with van der Waals surface area (Å²) in [4.78, 5) is 26.2. The average molecular weight is 351 g/mol. The summed E-state index contributed by atoms with van der Waals surface area (Å²) in [5.74, 6) is 6.08. The zero-order chi connectivity index (χ0) is 19.1. The van der Waals surface area contributed by atoms with Gasteiger partial charge in [0.15, 0.2) is 5.78 Å². The molecule has 0 aliphatic rings. The van der Waals surface area contributed by atoms with Crippen molar-refractivity contribution in [1.82, 2.24) is 14.7 Å². The molecule has 1 aromatic heterocycles. The van der Waals surface area contributed by atoms with Crippen molar-refractivity contribution in [1.29, 1.82) is 0 Å². The molecular weight excluding hydrogens is 326 g/mol. The predicted octanol–water partition coefficient (Wildman–Crippen LogP) is 2.99. The highest BCUT2D eigenvalue weighted by Gasteiger charge is 2.19. The van der Waals surface area contributed by atoms with Crippen molar-refractivity contribution in [3.63, 3.8) is 0 Å². The Bertz CT molecular complexity index is 841. The van der Waals surface area contributed by atoms with Crippen molar-refractivity contribution in [2.75, 3.05) is 13.1 Å². The summed E-state index contributed by atoms with van der Waals surface area (Å²) in [6.07, 6.45) is 0.856. The van der Waals surface area contributed by atoms with Crippen LogP contribution in [-0.4, -0.2) is 39.5 Å². The van der Waals surface area contributed by atoms with E-state index >= 15 is 0 Å². The van der Waals surface area contributed by atoms with E-state index in [1.54, 1.807) is 16.5 Å². The number of rotatable bonds is 6. The van der Waals surface area contributed by atoms with E-state index in [2.05, 4.69) is 16.9 Å². The van der Waals surface area contributed by atoms with Crippen LogP contribution in [0.1, 0.15) is 47.6 Å². The minimum Gasteiger partial charge on any atom is -0.330 e. The van der Waals surface area contributed by atoms with Gasteiger partial charge in [0.1, 0.15) is 6.54 Å². The van der Waals surface area contributed by atoms with Gasteiger partial charge in [-0.1, -0.05) is 37.0 Å². The van der Waals surface area contributed by atoms with Gasteiger partial charge in [-0.05, 0) is 39.3 Å². The predicted molar refractivity (Wildman–Crippen MR) is 102 cm³/mol. The van der Waals surface area contributed by atoms with E-state index in [0.29, 0.717) is 24.3 Å². The second-order valence-electron chi connectivity index (χ2n) is 6.24. The maximum Gasteiger partial charge on any atom is 0.245 e. The Labute approximate surface area is 155 Å². The van der Waals surface area contributed by atoms with Crippen molar-refractivity contribution in [2.24, 2.45) is 0 Å². The van der Waals surface area contributed by atoms with Gasteiger partial charge in [0.05, 0.1) is 17.8 Å². The first-order valence-electron chi connectivity index (χ1n) is 8.80. The van der Waals surface area contributed by atoms with Crippen LogP contribution in [0.3, 0.4) is 0 Å². The van der Waals surface area contributed by atoms with E-state index < -0.39 is 0 Å². The third-order valence-corrected chi connectivity index (χ3v) is 4.14. The van der Waals surface area contributed by atoms with Gasteiger partial charge in [0, 0.05) is 17.8 Å². The van der Waals surface area contributed by atoms with E-state index in [0.717, 1.165) is 17.7 Å². The molecule has 0 spiro atoms. The Kier molecular flexibility index (Phi) is 6.74. The van der Waals surface area contributed by atoms with Crippen molar-refractivity contribution in [3.8, 4) is 11.8 Å². The number of carbonyl (C=O) groups is 2. The summed E-state index contributed by atoms with van der Waals surface area (Å²) in [6.45, 7) is 8.30. The fourth-order valence-electron chi connectivity index (χ4n) is 2.91. The minimum atomic E-state index is -0.0464. The monoisotopic (exact) mass is 351 g/mol. The van der Waals surface area contributed by atoms with Gasteiger partial charge in [-0.2, -0.15) is 5.10 Å². The molecule has 0 saturated carbocycles. The Morgan fingerprint density at radius 1 is 1.19 bits per heavy atom. The summed E-state index contributed by atoms with van der Waals surface area (Å²) in [5, 5.41) is 4.35. The molecule has 5 nitrogen and oxygen atoms in total. The van der Waals surface area contributed by atoms with E-state index in [1.807, 2.05) is 44.2 Å². The Hall–Kier alpha value is -2.87. The lowest BCUT2D eigenvalue weighted by atomic mass is 10.1. The summed E-state index contributed by atoms with van der Waals surface area (Å²) in [5.41, 5.74) is 2.92. The number of hydrogen-bond acceptors (Lipinski definition) is 3. The fraction of sp³-hybridized carbons (Fsp3) is 0.381. The molecular formula is C21H25N3O2. The zero-order valence-electron chi connectivity index (χ0n) is 15.9. The van der Waals surface area contributed by atoms with Crippen molar-refractivity contribution >= 4 is 11.7 Å². The Morgan fingerprint density at radius 2 is 1.88 bits per heavy atom. The van der Waals surface area contributed by atoms with Crippen LogP contribution in [0.4, 0.5) is 0 Å². The molecule has 0 N–H and O–H groups in total. The highest BCUT2D eigenvalue weighted by Crippen LogP contribution is 2.14. The molecule has 0 aliphatic carbocycles. The highest BCUT2D eigenvalue weighted by molar-refractivity contribution is 5.96. The van der Waals surface area contributed by atoms with Crippen LogP contribution in [0, 0.1) is 25.7 Å². The number of Topliss-reactive ketones (excluding diaryl/α,β-unsaturated/α-hetero) is 1. The van der Waals surface area contributed by atoms with Crippen molar-refractivity contribution < 1.29 is 9.59 Å². The first-order valence-corrected chi connectivity index (χ1v) is 8.80. The van der Waals surface area contributed by atoms with Crippen LogP contribution in [0.5, 0.6) is 0 Å². The number of benzene rings is 1. The first-order chi connectivity index (χ1) is 12.4. The quantitative estimate of drug-likeness (QED) is 0.594. The first kappa shape index (κ1) is 19.5. The zero-order valence-corrected chi connectivity index (χ0v) is 15.9. The largest absolute Gasteiger partial charge is 0.330 e. The second-order valence-corrected chi connectivity index (χ2v) is 6.24. The molecule has 5 heteroatoms. The van der Waals surface area contributed by atoms with Gasteiger partial charge < -0.3 is 4.90 Å². The number of aromatic nitrogens is 2. The molecule has 2 rings (SSSR count). The van der Waals surface area contributed by atoms with Gasteiger partial charge in [-0.25, -0.2) is 0 Å². The Balaban J connectivity index is 2.10. The lowest BCUT2D eigenvalue weighted by Crippen LogP contribution is -2.35. The molecule has 0 aliphatic heterocycles. The summed E-state index contributed by atoms with van der Waals surface area (Å²) >= 11 is 0. The molecule has 0 fully saturated rings. The molecule has 0 atom stereocenters. The van der Waals surface area contributed by atoms with Crippen LogP contribution in [0.15, 0.2) is 30.3 Å². The summed E-state index contributed by atoms with van der Waals surface area (Å²) < 4.78 is 1.61. The number of nitrogens with zero attached hydrogens (tertiary/aromatic N) is 3. The third kappa shape index (κ3) is 4.82. The number of hydrogen-bond donors (Lipinski definition) is 0. The maximum atomic E-state index is 12.7. The lowest BCUT2D eigenvalue weighted by molar-refractivity contribution is -0.131.